The van der Waals surface area contributed by atoms with Crippen LogP contribution in [-0.4, -0.2) is 35.1 Å². The minimum Gasteiger partial charge on any atom is -0.391 e. The van der Waals surface area contributed by atoms with Crippen LogP contribution in [0.4, 0.5) is 5.82 Å². The first-order chi connectivity index (χ1) is 8.59. The fourth-order valence-corrected chi connectivity index (χ4v) is 2.52. The van der Waals surface area contributed by atoms with Gasteiger partial charge in [-0.15, -0.1) is 0 Å². The third kappa shape index (κ3) is 2.70. The van der Waals surface area contributed by atoms with Crippen molar-refractivity contribution in [1.82, 2.24) is 4.98 Å². The molecule has 1 N–H and O–H groups in total. The lowest BCUT2D eigenvalue weighted by Crippen LogP contribution is -2.43. The van der Waals surface area contributed by atoms with Crippen LogP contribution in [0.1, 0.15) is 43.0 Å². The van der Waals surface area contributed by atoms with E-state index in [2.05, 4.69) is 4.98 Å². The molecule has 18 heavy (non-hydrogen) atoms. The van der Waals surface area contributed by atoms with Crippen LogP contribution in [0.5, 0.6) is 0 Å². The third-order valence-corrected chi connectivity index (χ3v) is 3.71. The Labute approximate surface area is 108 Å². The van der Waals surface area contributed by atoms with Crippen LogP contribution in [0.3, 0.4) is 0 Å². The zero-order valence-corrected chi connectivity index (χ0v) is 11.0. The first-order valence-corrected chi connectivity index (χ1v) is 6.47. The van der Waals surface area contributed by atoms with Crippen molar-refractivity contribution in [1.29, 1.82) is 0 Å². The molecule has 0 aliphatic heterocycles. The summed E-state index contributed by atoms with van der Waals surface area (Å²) < 4.78 is 0. The number of carbonyl (C=O) groups is 1. The summed E-state index contributed by atoms with van der Waals surface area (Å²) in [6.07, 6.45) is 5.43. The number of rotatable bonds is 3. The number of nitrogens with zero attached hydrogens (tertiary/aromatic N) is 2. The Kier molecular flexibility index (Phi) is 3.97. The molecule has 1 aromatic rings. The predicted molar refractivity (Wildman–Crippen MR) is 70.9 cm³/mol. The number of ketones is 1. The fourth-order valence-electron chi connectivity index (χ4n) is 2.52. The first kappa shape index (κ1) is 13.0. The molecule has 1 aliphatic carbocycles. The number of hydrogen-bond acceptors (Lipinski definition) is 4. The molecule has 0 saturated heterocycles. The number of aliphatic hydroxyl groups is 1. The normalized spacial score (nSPS) is 23.7. The molecular formula is C14H20N2O2. The summed E-state index contributed by atoms with van der Waals surface area (Å²) >= 11 is 0. The van der Waals surface area contributed by atoms with Gasteiger partial charge in [0.05, 0.1) is 12.1 Å². The average molecular weight is 248 g/mol. The molecule has 0 radical (unpaired) electrons. The van der Waals surface area contributed by atoms with Gasteiger partial charge in [-0.1, -0.05) is 12.8 Å². The van der Waals surface area contributed by atoms with Crippen molar-refractivity contribution in [3.8, 4) is 0 Å². The lowest BCUT2D eigenvalue weighted by Gasteiger charge is -2.35. The summed E-state index contributed by atoms with van der Waals surface area (Å²) in [7, 11) is 1.95. The minimum absolute atomic E-state index is 0.0226. The molecule has 4 heteroatoms. The summed E-state index contributed by atoms with van der Waals surface area (Å²) in [6, 6.07) is 3.77. The number of Topliss-reactive ketones (excluding diaryl/α,β-unsaturated/α-hetero) is 1. The molecule has 0 aromatic carbocycles. The fraction of sp³-hybridized carbons (Fsp3) is 0.571. The molecule has 0 spiro atoms. The van der Waals surface area contributed by atoms with E-state index in [-0.39, 0.29) is 17.9 Å². The SMILES string of the molecule is CC(=O)c1ccc(N(C)C2CCCCC2O)nc1. The number of hydrogen-bond donors (Lipinski definition) is 1. The van der Waals surface area contributed by atoms with Gasteiger partial charge in [0.25, 0.3) is 0 Å². The van der Waals surface area contributed by atoms with Crippen molar-refractivity contribution in [3.63, 3.8) is 0 Å². The van der Waals surface area contributed by atoms with E-state index in [1.807, 2.05) is 18.0 Å². The molecule has 98 valence electrons. The maximum absolute atomic E-state index is 11.2. The standard InChI is InChI=1S/C14H20N2O2/c1-10(17)11-7-8-14(15-9-11)16(2)12-5-3-4-6-13(12)18/h7-9,12-13,18H,3-6H2,1-2H3. The highest BCUT2D eigenvalue weighted by molar-refractivity contribution is 5.93. The molecule has 1 fully saturated rings. The summed E-state index contributed by atoms with van der Waals surface area (Å²) in [6.45, 7) is 1.53. The number of aliphatic hydroxyl groups excluding tert-OH is 1. The Morgan fingerprint density at radius 2 is 2.11 bits per heavy atom. The molecule has 4 nitrogen and oxygen atoms in total. The molecule has 0 amide bonds. The highest BCUT2D eigenvalue weighted by atomic mass is 16.3. The van der Waals surface area contributed by atoms with Crippen LogP contribution in [0.15, 0.2) is 18.3 Å². The van der Waals surface area contributed by atoms with Crippen molar-refractivity contribution >= 4 is 11.6 Å². The van der Waals surface area contributed by atoms with Crippen molar-refractivity contribution < 1.29 is 9.90 Å². The molecule has 1 saturated carbocycles. The first-order valence-electron chi connectivity index (χ1n) is 6.47. The highest BCUT2D eigenvalue weighted by Gasteiger charge is 2.27. The lowest BCUT2D eigenvalue weighted by atomic mass is 9.91. The van der Waals surface area contributed by atoms with Crippen LogP contribution in [0, 0.1) is 0 Å². The van der Waals surface area contributed by atoms with E-state index in [1.165, 1.54) is 6.92 Å². The molecule has 1 aliphatic rings. The van der Waals surface area contributed by atoms with E-state index < -0.39 is 0 Å². The Bertz CT molecular complexity index is 416. The number of aromatic nitrogens is 1. The molecule has 2 atom stereocenters. The number of pyridine rings is 1. The summed E-state index contributed by atoms with van der Waals surface area (Å²) in [4.78, 5) is 17.5. The second kappa shape index (κ2) is 5.48. The van der Waals surface area contributed by atoms with E-state index >= 15 is 0 Å². The minimum atomic E-state index is -0.280. The van der Waals surface area contributed by atoms with E-state index in [0.717, 1.165) is 31.5 Å². The molecule has 2 rings (SSSR count). The number of anilines is 1. The summed E-state index contributed by atoms with van der Waals surface area (Å²) in [5.41, 5.74) is 0.622. The molecule has 0 bridgehead atoms. The zero-order chi connectivity index (χ0) is 13.1. The van der Waals surface area contributed by atoms with Crippen molar-refractivity contribution in [3.05, 3.63) is 23.9 Å². The second-order valence-electron chi connectivity index (χ2n) is 4.99. The van der Waals surface area contributed by atoms with Gasteiger partial charge >= 0.3 is 0 Å². The van der Waals surface area contributed by atoms with Crippen molar-refractivity contribution in [2.45, 2.75) is 44.8 Å². The van der Waals surface area contributed by atoms with Gasteiger partial charge in [-0.2, -0.15) is 0 Å². The Hall–Kier alpha value is -1.42. The van der Waals surface area contributed by atoms with Gasteiger partial charge in [0, 0.05) is 18.8 Å². The highest BCUT2D eigenvalue weighted by Crippen LogP contribution is 2.25. The van der Waals surface area contributed by atoms with Crippen molar-refractivity contribution in [2.24, 2.45) is 0 Å². The van der Waals surface area contributed by atoms with Gasteiger partial charge in [-0.3, -0.25) is 4.79 Å². The van der Waals surface area contributed by atoms with Crippen LogP contribution >= 0.6 is 0 Å². The summed E-state index contributed by atoms with van der Waals surface area (Å²) in [5.74, 6) is 0.834. The third-order valence-electron chi connectivity index (χ3n) is 3.71. The van der Waals surface area contributed by atoms with Gasteiger partial charge in [0.2, 0.25) is 0 Å². The largest absolute Gasteiger partial charge is 0.391 e. The monoisotopic (exact) mass is 248 g/mol. The maximum atomic E-state index is 11.2. The van der Waals surface area contributed by atoms with Crippen LogP contribution in [0.2, 0.25) is 0 Å². The van der Waals surface area contributed by atoms with E-state index in [0.29, 0.717) is 5.56 Å². The molecular weight excluding hydrogens is 228 g/mol. The predicted octanol–water partition coefficient (Wildman–Crippen LogP) is 2.02. The Balaban J connectivity index is 2.12. The average Bonchev–Trinajstić information content (AvgIpc) is 2.38. The number of carbonyl (C=O) groups excluding carboxylic acids is 1. The topological polar surface area (TPSA) is 53.4 Å². The van der Waals surface area contributed by atoms with E-state index in [4.69, 9.17) is 0 Å². The smallest absolute Gasteiger partial charge is 0.161 e. The van der Waals surface area contributed by atoms with E-state index in [1.54, 1.807) is 12.3 Å². The Morgan fingerprint density at radius 1 is 1.39 bits per heavy atom. The van der Waals surface area contributed by atoms with Gasteiger partial charge in [-0.25, -0.2) is 4.98 Å². The quantitative estimate of drug-likeness (QED) is 0.831. The second-order valence-corrected chi connectivity index (χ2v) is 4.99. The van der Waals surface area contributed by atoms with Crippen molar-refractivity contribution in [2.75, 3.05) is 11.9 Å². The van der Waals surface area contributed by atoms with Crippen LogP contribution in [-0.2, 0) is 0 Å². The van der Waals surface area contributed by atoms with Crippen LogP contribution < -0.4 is 4.90 Å². The maximum Gasteiger partial charge on any atom is 0.161 e. The zero-order valence-electron chi connectivity index (χ0n) is 11.0. The Morgan fingerprint density at radius 3 is 2.67 bits per heavy atom. The van der Waals surface area contributed by atoms with Gasteiger partial charge < -0.3 is 10.0 Å². The summed E-state index contributed by atoms with van der Waals surface area (Å²) in [5, 5.41) is 10.0. The van der Waals surface area contributed by atoms with Gasteiger partial charge in [-0.05, 0) is 31.9 Å². The molecule has 1 aromatic heterocycles. The van der Waals surface area contributed by atoms with E-state index in [9.17, 15) is 9.90 Å². The lowest BCUT2D eigenvalue weighted by molar-refractivity contribution is 0.101. The molecule has 2 unspecified atom stereocenters. The van der Waals surface area contributed by atoms with Gasteiger partial charge in [0.1, 0.15) is 5.82 Å². The molecule has 1 heterocycles. The number of likely N-dealkylation sites (N-methyl/N-ethyl adjacent to an activating group) is 1. The van der Waals surface area contributed by atoms with Crippen LogP contribution in [0.25, 0.3) is 0 Å². The van der Waals surface area contributed by atoms with Gasteiger partial charge in [0.15, 0.2) is 5.78 Å².